The van der Waals surface area contributed by atoms with Gasteiger partial charge in [0.15, 0.2) is 19.2 Å². The van der Waals surface area contributed by atoms with Crippen LogP contribution in [-0.4, -0.2) is 38.5 Å². The Kier molecular flexibility index (Phi) is 7.00. The lowest BCUT2D eigenvalue weighted by molar-refractivity contribution is 0.111. The van der Waals surface area contributed by atoms with Gasteiger partial charge in [0, 0.05) is 42.1 Å². The smallest absolute Gasteiger partial charge is 0.358 e. The molecule has 0 aliphatic carbocycles. The predicted octanol–water partition coefficient (Wildman–Crippen LogP) is 5.09. The fraction of sp³-hybridized carbons (Fsp3) is 0.130. The van der Waals surface area contributed by atoms with E-state index >= 15 is 0 Å². The summed E-state index contributed by atoms with van der Waals surface area (Å²) in [4.78, 5) is 32.5. The quantitative estimate of drug-likeness (QED) is 0.349. The number of aldehydes is 2. The number of pyridine rings is 2. The average Bonchev–Trinajstić information content (AvgIpc) is 3.34. The fourth-order valence-electron chi connectivity index (χ4n) is 3.26. The summed E-state index contributed by atoms with van der Waals surface area (Å²) in [5.41, 5.74) is 6.94. The Morgan fingerprint density at radius 3 is 1.84 bits per heavy atom. The summed E-state index contributed by atoms with van der Waals surface area (Å²) in [5.74, 6) is 0. The van der Waals surface area contributed by atoms with Gasteiger partial charge in [-0.2, -0.15) is 0 Å². The third-order valence-electron chi connectivity index (χ3n) is 4.98. The van der Waals surface area contributed by atoms with Crippen LogP contribution >= 0.6 is 7.95 Å². The lowest BCUT2D eigenvalue weighted by atomic mass is 10.1. The van der Waals surface area contributed by atoms with Crippen LogP contribution in [0.25, 0.3) is 22.3 Å². The predicted molar refractivity (Wildman–Crippen MR) is 121 cm³/mol. The average molecular weight is 433 g/mol. The van der Waals surface area contributed by atoms with Crippen LogP contribution in [0.3, 0.4) is 0 Å². The van der Waals surface area contributed by atoms with E-state index in [0.29, 0.717) is 11.4 Å². The van der Waals surface area contributed by atoms with Crippen LogP contribution in [0.4, 0.5) is 0 Å². The standard InChI is InChI=1S/C12H12N2O2P.C11H10N2O/c1-9-11(10-3-5-13-6-4-10)7-14(17(2)16)12(9)8-15;1-8-10(6-13-11(8)7-14)9-2-4-12-5-3-9/h3-8H,1-2H3;2-7,13H,1H3/q+1;. The molecule has 1 N–H and O–H groups in total. The van der Waals surface area contributed by atoms with Crippen molar-refractivity contribution in [3.8, 4) is 22.3 Å². The van der Waals surface area contributed by atoms with Crippen LogP contribution in [0.15, 0.2) is 61.4 Å². The monoisotopic (exact) mass is 433 g/mol. The molecule has 7 nitrogen and oxygen atoms in total. The first-order chi connectivity index (χ1) is 15.0. The molecule has 1 atom stereocenters. The molecule has 0 spiro atoms. The van der Waals surface area contributed by atoms with Crippen LogP contribution in [0.1, 0.15) is 32.1 Å². The highest BCUT2D eigenvalue weighted by molar-refractivity contribution is 7.42. The first-order valence-electron chi connectivity index (χ1n) is 9.50. The molecular weight excluding hydrogens is 411 g/mol. The third-order valence-corrected chi connectivity index (χ3v) is 5.92. The number of hydrogen-bond donors (Lipinski definition) is 1. The largest absolute Gasteiger partial charge is 0.463 e. The van der Waals surface area contributed by atoms with E-state index in [2.05, 4.69) is 15.0 Å². The van der Waals surface area contributed by atoms with Gasteiger partial charge in [0.1, 0.15) is 5.69 Å². The summed E-state index contributed by atoms with van der Waals surface area (Å²) >= 11 is 0. The molecule has 4 rings (SSSR count). The Bertz CT molecular complexity index is 1210. The van der Waals surface area contributed by atoms with Crippen LogP contribution in [-0.2, 0) is 4.57 Å². The minimum Gasteiger partial charge on any atom is -0.358 e. The van der Waals surface area contributed by atoms with Crippen molar-refractivity contribution in [2.75, 3.05) is 6.66 Å². The molecule has 0 aliphatic heterocycles. The Hall–Kier alpha value is -3.70. The number of aromatic nitrogens is 4. The Morgan fingerprint density at radius 2 is 1.42 bits per heavy atom. The molecular formula is C23H22N4O3P+. The second kappa shape index (κ2) is 9.87. The van der Waals surface area contributed by atoms with E-state index in [0.717, 1.165) is 46.0 Å². The Morgan fingerprint density at radius 1 is 0.871 bits per heavy atom. The van der Waals surface area contributed by atoms with Gasteiger partial charge in [0.25, 0.3) is 0 Å². The molecule has 8 heteroatoms. The van der Waals surface area contributed by atoms with Crippen LogP contribution in [0, 0.1) is 13.8 Å². The fourth-order valence-corrected chi connectivity index (χ4v) is 4.04. The molecule has 0 aliphatic rings. The van der Waals surface area contributed by atoms with Crippen molar-refractivity contribution in [3.05, 3.63) is 84.0 Å². The maximum Gasteiger partial charge on any atom is 0.463 e. The number of hydrogen-bond acceptors (Lipinski definition) is 5. The van der Waals surface area contributed by atoms with Gasteiger partial charge in [-0.1, -0.05) is 0 Å². The third kappa shape index (κ3) is 4.73. The molecule has 0 radical (unpaired) electrons. The van der Waals surface area contributed by atoms with E-state index in [1.54, 1.807) is 37.6 Å². The van der Waals surface area contributed by atoms with Crippen LogP contribution in [0.2, 0.25) is 0 Å². The summed E-state index contributed by atoms with van der Waals surface area (Å²) in [5, 5.41) is 0. The molecule has 156 valence electrons. The molecule has 4 aromatic heterocycles. The number of aromatic amines is 1. The molecule has 31 heavy (non-hydrogen) atoms. The molecule has 0 aromatic carbocycles. The summed E-state index contributed by atoms with van der Waals surface area (Å²) < 4.78 is 13.1. The van der Waals surface area contributed by atoms with Gasteiger partial charge in [-0.05, 0) is 64.9 Å². The molecule has 0 saturated carbocycles. The topological polar surface area (TPSA) is 97.7 Å². The SMILES string of the molecule is Cc1c(-c2ccncc2)c[nH]c1C=O.Cc1c(-c2ccncc2)cn([P+](C)=O)c1C=O. The maximum absolute atomic E-state index is 11.6. The van der Waals surface area contributed by atoms with Gasteiger partial charge in [-0.25, -0.2) is 0 Å². The number of carbonyl (C=O) groups excluding carboxylic acids is 2. The van der Waals surface area contributed by atoms with E-state index in [1.165, 1.54) is 4.34 Å². The van der Waals surface area contributed by atoms with Crippen molar-refractivity contribution in [3.63, 3.8) is 0 Å². The van der Waals surface area contributed by atoms with Crippen molar-refractivity contribution in [1.29, 1.82) is 0 Å². The molecule has 0 amide bonds. The number of rotatable bonds is 5. The van der Waals surface area contributed by atoms with Crippen molar-refractivity contribution in [2.45, 2.75) is 13.8 Å². The highest BCUT2D eigenvalue weighted by atomic mass is 31.1. The summed E-state index contributed by atoms with van der Waals surface area (Å²) in [6.07, 6.45) is 12.0. The van der Waals surface area contributed by atoms with Crippen LogP contribution in [0.5, 0.6) is 0 Å². The van der Waals surface area contributed by atoms with Gasteiger partial charge >= 0.3 is 7.95 Å². The van der Waals surface area contributed by atoms with Gasteiger partial charge in [-0.3, -0.25) is 19.6 Å². The van der Waals surface area contributed by atoms with Gasteiger partial charge in [-0.15, -0.1) is 4.34 Å². The highest BCUT2D eigenvalue weighted by Crippen LogP contribution is 2.32. The second-order valence-electron chi connectivity index (χ2n) is 6.81. The summed E-state index contributed by atoms with van der Waals surface area (Å²) in [6, 6.07) is 7.57. The molecule has 4 heterocycles. The van der Waals surface area contributed by atoms with Crippen molar-refractivity contribution in [2.24, 2.45) is 0 Å². The van der Waals surface area contributed by atoms with Crippen LogP contribution < -0.4 is 0 Å². The zero-order valence-corrected chi connectivity index (χ0v) is 18.3. The molecule has 0 bridgehead atoms. The maximum atomic E-state index is 11.6. The number of carbonyl (C=O) groups is 2. The highest BCUT2D eigenvalue weighted by Gasteiger charge is 2.21. The molecule has 1 unspecified atom stereocenters. The van der Waals surface area contributed by atoms with E-state index in [4.69, 9.17) is 0 Å². The first-order valence-corrected chi connectivity index (χ1v) is 11.2. The Labute approximate surface area is 181 Å². The van der Waals surface area contributed by atoms with Crippen molar-refractivity contribution in [1.82, 2.24) is 19.3 Å². The molecule has 0 fully saturated rings. The second-order valence-corrected chi connectivity index (χ2v) is 8.17. The van der Waals surface area contributed by atoms with Crippen molar-refractivity contribution >= 4 is 20.5 Å². The zero-order chi connectivity index (χ0) is 22.4. The number of nitrogens with one attached hydrogen (secondary N) is 1. The number of nitrogens with zero attached hydrogens (tertiary/aromatic N) is 3. The van der Waals surface area contributed by atoms with E-state index < -0.39 is 7.95 Å². The van der Waals surface area contributed by atoms with E-state index in [9.17, 15) is 14.2 Å². The number of H-pyrrole nitrogens is 1. The lowest BCUT2D eigenvalue weighted by Crippen LogP contribution is -1.91. The van der Waals surface area contributed by atoms with Gasteiger partial charge in [0.05, 0.1) is 11.9 Å². The molecule has 4 aromatic rings. The van der Waals surface area contributed by atoms with E-state index in [1.807, 2.05) is 44.3 Å². The van der Waals surface area contributed by atoms with Crippen molar-refractivity contribution < 1.29 is 14.2 Å². The summed E-state index contributed by atoms with van der Waals surface area (Å²) in [6.45, 7) is 5.36. The first kappa shape index (κ1) is 22.0. The van der Waals surface area contributed by atoms with E-state index in [-0.39, 0.29) is 0 Å². The minimum absolute atomic E-state index is 0.473. The van der Waals surface area contributed by atoms with Gasteiger partial charge in [0.2, 0.25) is 0 Å². The Balaban J connectivity index is 0.000000179. The summed E-state index contributed by atoms with van der Waals surface area (Å²) in [7, 11) is -1.59. The normalized spacial score (nSPS) is 10.7. The lowest BCUT2D eigenvalue weighted by Gasteiger charge is -1.98. The molecule has 0 saturated heterocycles. The minimum atomic E-state index is -1.59. The van der Waals surface area contributed by atoms with Gasteiger partial charge < -0.3 is 4.98 Å². The zero-order valence-electron chi connectivity index (χ0n) is 17.4.